The second-order valence-corrected chi connectivity index (χ2v) is 11.0. The van der Waals surface area contributed by atoms with Crippen molar-refractivity contribution in [2.75, 3.05) is 32.5 Å². The van der Waals surface area contributed by atoms with Crippen molar-refractivity contribution in [2.45, 2.75) is 19.9 Å². The molecule has 6 rings (SSSR count). The number of hydrogen-bond acceptors (Lipinski definition) is 8. The van der Waals surface area contributed by atoms with Crippen LogP contribution in [0.15, 0.2) is 61.1 Å². The summed E-state index contributed by atoms with van der Waals surface area (Å²) in [5.41, 5.74) is 4.08. The lowest BCUT2D eigenvalue weighted by Gasteiger charge is -2.26. The average molecular weight is 540 g/mol. The number of anilines is 2. The van der Waals surface area contributed by atoms with Crippen LogP contribution in [0.5, 0.6) is 11.5 Å². The van der Waals surface area contributed by atoms with Crippen LogP contribution in [-0.2, 0) is 17.8 Å². The number of amides is 1. The predicted molar refractivity (Wildman–Crippen MR) is 155 cm³/mol. The van der Waals surface area contributed by atoms with Crippen LogP contribution in [-0.4, -0.2) is 63.1 Å². The maximum Gasteiger partial charge on any atom is 0.246 e. The number of carbonyl (C=O) groups excluding carboxylic acids is 1. The Morgan fingerprint density at radius 3 is 2.97 bits per heavy atom. The van der Waals surface area contributed by atoms with Gasteiger partial charge in [-0.15, -0.1) is 11.3 Å². The molecule has 0 atom stereocenters. The largest absolute Gasteiger partial charge is 0.457 e. The molecular formula is C29H29N7O2S. The Labute approximate surface area is 230 Å². The van der Waals surface area contributed by atoms with Crippen molar-refractivity contribution in [3.05, 3.63) is 77.1 Å². The molecule has 0 saturated carbocycles. The van der Waals surface area contributed by atoms with Gasteiger partial charge in [0.05, 0.1) is 23.6 Å². The summed E-state index contributed by atoms with van der Waals surface area (Å²) >= 11 is 1.64. The normalized spacial score (nSPS) is 13.5. The molecule has 1 aliphatic rings. The number of rotatable bonds is 7. The molecule has 0 aliphatic carbocycles. The minimum absolute atomic E-state index is 0.0478. The van der Waals surface area contributed by atoms with E-state index < -0.39 is 0 Å². The number of aryl methyl sites for hydroxylation is 1. The number of aromatic amines is 1. The first kappa shape index (κ1) is 25.0. The molecule has 198 valence electrons. The van der Waals surface area contributed by atoms with Crippen molar-refractivity contribution >= 4 is 49.9 Å². The van der Waals surface area contributed by atoms with Crippen LogP contribution in [0.2, 0.25) is 0 Å². The first-order valence-electron chi connectivity index (χ1n) is 12.8. The molecule has 3 aromatic heterocycles. The number of hydrogen-bond donors (Lipinski definition) is 2. The summed E-state index contributed by atoms with van der Waals surface area (Å²) in [4.78, 5) is 27.9. The van der Waals surface area contributed by atoms with Crippen LogP contribution in [0.3, 0.4) is 0 Å². The quantitative estimate of drug-likeness (QED) is 0.267. The smallest absolute Gasteiger partial charge is 0.246 e. The Morgan fingerprint density at radius 1 is 1.23 bits per heavy atom. The highest BCUT2D eigenvalue weighted by Gasteiger charge is 2.25. The molecule has 2 aromatic carbocycles. The van der Waals surface area contributed by atoms with Gasteiger partial charge in [-0.1, -0.05) is 6.08 Å². The van der Waals surface area contributed by atoms with Crippen molar-refractivity contribution in [1.82, 2.24) is 30.0 Å². The van der Waals surface area contributed by atoms with Crippen molar-refractivity contribution < 1.29 is 9.53 Å². The van der Waals surface area contributed by atoms with E-state index in [9.17, 15) is 4.79 Å². The second kappa shape index (κ2) is 10.5. The van der Waals surface area contributed by atoms with Gasteiger partial charge in [0.15, 0.2) is 0 Å². The van der Waals surface area contributed by atoms with Gasteiger partial charge in [-0.05, 0) is 68.9 Å². The molecule has 0 spiro atoms. The second-order valence-electron chi connectivity index (χ2n) is 9.91. The van der Waals surface area contributed by atoms with Gasteiger partial charge in [-0.3, -0.25) is 9.89 Å². The van der Waals surface area contributed by atoms with Gasteiger partial charge in [0.2, 0.25) is 5.91 Å². The maximum absolute atomic E-state index is 12.7. The third kappa shape index (κ3) is 5.21. The van der Waals surface area contributed by atoms with E-state index in [0.29, 0.717) is 13.1 Å². The number of nitrogens with one attached hydrogen (secondary N) is 2. The Hall–Kier alpha value is -4.28. The number of H-pyrrole nitrogens is 1. The molecule has 5 aromatic rings. The minimum Gasteiger partial charge on any atom is -0.457 e. The summed E-state index contributed by atoms with van der Waals surface area (Å²) in [5, 5.41) is 12.6. The first-order chi connectivity index (χ1) is 18.9. The molecule has 10 heteroatoms. The van der Waals surface area contributed by atoms with E-state index >= 15 is 0 Å². The molecular weight excluding hydrogens is 510 g/mol. The van der Waals surface area contributed by atoms with Gasteiger partial charge in [0.1, 0.15) is 28.5 Å². The lowest BCUT2D eigenvalue weighted by molar-refractivity contribution is -0.126. The van der Waals surface area contributed by atoms with Crippen molar-refractivity contribution in [3.63, 3.8) is 0 Å². The number of benzene rings is 2. The van der Waals surface area contributed by atoms with E-state index in [1.807, 2.05) is 67.2 Å². The third-order valence-electron chi connectivity index (χ3n) is 6.76. The highest BCUT2D eigenvalue weighted by atomic mass is 32.1. The summed E-state index contributed by atoms with van der Waals surface area (Å²) in [6.07, 6.45) is 7.75. The summed E-state index contributed by atoms with van der Waals surface area (Å²) in [7, 11) is 3.97. The fraction of sp³-hybridized carbons (Fsp3) is 0.241. The van der Waals surface area contributed by atoms with E-state index in [1.165, 1.54) is 10.4 Å². The van der Waals surface area contributed by atoms with E-state index in [2.05, 4.69) is 31.5 Å². The lowest BCUT2D eigenvalue weighted by atomic mass is 10.0. The lowest BCUT2D eigenvalue weighted by Crippen LogP contribution is -2.34. The Bertz CT molecular complexity index is 1700. The zero-order valence-corrected chi connectivity index (χ0v) is 22.9. The standard InChI is InChI=1S/C29H29N7O2S/c1-18-13-20(7-9-24(18)38-21-8-6-19-15-32-34-23(19)14-21)33-28-27-22-10-12-36(26(37)5-4-11-35(2)3)16-25(22)39-29(27)31-17-30-28/h4-9,13-15,17H,10-12,16H2,1-3H3,(H,32,34)(H,30,31,33)/b5-4+. The SMILES string of the molecule is Cc1cc(Nc2ncnc3sc4c(c23)CCN(C(=O)/C=C/CN(C)C)C4)ccc1Oc1ccc2cn[nH]c2c1. The van der Waals surface area contributed by atoms with Crippen molar-refractivity contribution in [1.29, 1.82) is 0 Å². The van der Waals surface area contributed by atoms with Crippen LogP contribution >= 0.6 is 11.3 Å². The van der Waals surface area contributed by atoms with Crippen LogP contribution in [0.1, 0.15) is 16.0 Å². The first-order valence-corrected chi connectivity index (χ1v) is 13.6. The summed E-state index contributed by atoms with van der Waals surface area (Å²) in [6, 6.07) is 11.9. The Morgan fingerprint density at radius 2 is 2.13 bits per heavy atom. The monoisotopic (exact) mass is 539 g/mol. The van der Waals surface area contributed by atoms with Crippen LogP contribution in [0.25, 0.3) is 21.1 Å². The zero-order chi connectivity index (χ0) is 26.9. The molecule has 1 amide bonds. The van der Waals surface area contributed by atoms with Crippen LogP contribution in [0.4, 0.5) is 11.5 Å². The van der Waals surface area contributed by atoms with E-state index in [-0.39, 0.29) is 5.91 Å². The fourth-order valence-electron chi connectivity index (χ4n) is 4.77. The van der Waals surface area contributed by atoms with Gasteiger partial charge in [0.25, 0.3) is 0 Å². The topological polar surface area (TPSA) is 99.3 Å². The number of aromatic nitrogens is 4. The molecule has 0 bridgehead atoms. The predicted octanol–water partition coefficient (Wildman–Crippen LogP) is 5.41. The molecule has 0 saturated heterocycles. The molecule has 0 radical (unpaired) electrons. The summed E-state index contributed by atoms with van der Waals surface area (Å²) in [5.74, 6) is 2.36. The zero-order valence-electron chi connectivity index (χ0n) is 22.1. The number of likely N-dealkylation sites (N-methyl/N-ethyl adjacent to an activating group) is 1. The third-order valence-corrected chi connectivity index (χ3v) is 7.88. The molecule has 9 nitrogen and oxygen atoms in total. The fourth-order valence-corrected chi connectivity index (χ4v) is 5.97. The number of ether oxygens (including phenoxy) is 1. The van der Waals surface area contributed by atoms with E-state index in [1.54, 1.807) is 29.9 Å². The number of nitrogens with zero attached hydrogens (tertiary/aromatic N) is 5. The summed E-state index contributed by atoms with van der Waals surface area (Å²) < 4.78 is 6.15. The van der Waals surface area contributed by atoms with Gasteiger partial charge in [-0.25, -0.2) is 9.97 Å². The number of carbonyl (C=O) groups is 1. The summed E-state index contributed by atoms with van der Waals surface area (Å²) in [6.45, 7) is 4.03. The number of thiophene rings is 1. The van der Waals surface area contributed by atoms with Gasteiger partial charge in [0, 0.05) is 41.2 Å². The van der Waals surface area contributed by atoms with Crippen molar-refractivity contribution in [2.24, 2.45) is 0 Å². The number of fused-ring (bicyclic) bond motifs is 4. The highest BCUT2D eigenvalue weighted by molar-refractivity contribution is 7.19. The minimum atomic E-state index is 0.0478. The molecule has 0 fully saturated rings. The van der Waals surface area contributed by atoms with E-state index in [0.717, 1.165) is 62.7 Å². The Kier molecular flexibility index (Phi) is 6.72. The van der Waals surface area contributed by atoms with Crippen LogP contribution < -0.4 is 10.1 Å². The Balaban J connectivity index is 1.20. The van der Waals surface area contributed by atoms with Crippen molar-refractivity contribution in [3.8, 4) is 11.5 Å². The molecule has 4 heterocycles. The van der Waals surface area contributed by atoms with Gasteiger partial charge >= 0.3 is 0 Å². The van der Waals surface area contributed by atoms with Gasteiger partial charge in [-0.2, -0.15) is 5.10 Å². The molecule has 0 unspecified atom stereocenters. The average Bonchev–Trinajstić information content (AvgIpc) is 3.54. The highest BCUT2D eigenvalue weighted by Crippen LogP contribution is 2.38. The van der Waals surface area contributed by atoms with E-state index in [4.69, 9.17) is 4.74 Å². The maximum atomic E-state index is 12.7. The van der Waals surface area contributed by atoms with Gasteiger partial charge < -0.3 is 19.9 Å². The molecule has 2 N–H and O–H groups in total. The molecule has 1 aliphatic heterocycles. The molecule has 39 heavy (non-hydrogen) atoms. The van der Waals surface area contributed by atoms with Crippen LogP contribution in [0, 0.1) is 6.92 Å².